The summed E-state index contributed by atoms with van der Waals surface area (Å²) in [6.07, 6.45) is 0.757. The molecular weight excluding hydrogens is 444 g/mol. The molecule has 0 bridgehead atoms. The van der Waals surface area contributed by atoms with Crippen molar-refractivity contribution in [2.24, 2.45) is 0 Å². The Morgan fingerprint density at radius 2 is 0.941 bits per heavy atom. The Morgan fingerprint density at radius 3 is 1.44 bits per heavy atom. The molecule has 0 spiro atoms. The second-order valence-corrected chi connectivity index (χ2v) is 7.13. The molecule has 0 aromatic heterocycles. The van der Waals surface area contributed by atoms with Crippen LogP contribution in [0.4, 0.5) is 0 Å². The quantitative estimate of drug-likeness (QED) is 0.576. The summed E-state index contributed by atoms with van der Waals surface area (Å²) in [6.45, 7) is 5.31. The van der Waals surface area contributed by atoms with E-state index in [-0.39, 0.29) is 0 Å². The van der Waals surface area contributed by atoms with Gasteiger partial charge in [0, 0.05) is 5.56 Å². The molecule has 1 heterocycles. The van der Waals surface area contributed by atoms with Gasteiger partial charge in [-0.25, -0.2) is 0 Å². The first-order valence-electron chi connectivity index (χ1n) is 11.4. The molecule has 186 valence electrons. The molecule has 3 rings (SSSR count). The fraction of sp³-hybridized carbons (Fsp3) is 0.480. The van der Waals surface area contributed by atoms with Crippen molar-refractivity contribution in [3.05, 3.63) is 48.0 Å². The Bertz CT molecular complexity index is 843. The van der Waals surface area contributed by atoms with E-state index in [9.17, 15) is 4.79 Å². The summed E-state index contributed by atoms with van der Waals surface area (Å²) < 4.78 is 45.3. The summed E-state index contributed by atoms with van der Waals surface area (Å²) in [5, 5.41) is 0. The van der Waals surface area contributed by atoms with Crippen LogP contribution in [0, 0.1) is 0 Å². The van der Waals surface area contributed by atoms with Gasteiger partial charge >= 0.3 is 0 Å². The van der Waals surface area contributed by atoms with Crippen molar-refractivity contribution in [1.29, 1.82) is 0 Å². The maximum Gasteiger partial charge on any atom is 0.170 e. The maximum atomic E-state index is 11.3. The number of carbonyl (C=O) groups is 1. The average Bonchev–Trinajstić information content (AvgIpc) is 2.86. The van der Waals surface area contributed by atoms with Gasteiger partial charge in [-0.15, -0.1) is 0 Å². The number of aldehydes is 1. The van der Waals surface area contributed by atoms with Gasteiger partial charge in [0.2, 0.25) is 0 Å². The summed E-state index contributed by atoms with van der Waals surface area (Å²) in [6, 6.07) is 12.3. The molecule has 9 heteroatoms. The lowest BCUT2D eigenvalue weighted by molar-refractivity contribution is -0.0143. The van der Waals surface area contributed by atoms with Gasteiger partial charge in [0.05, 0.1) is 66.1 Å². The van der Waals surface area contributed by atoms with E-state index in [1.54, 1.807) is 24.3 Å². The number of hydrogen-bond acceptors (Lipinski definition) is 9. The Hall–Kier alpha value is -2.69. The highest BCUT2D eigenvalue weighted by Gasteiger charge is 2.12. The van der Waals surface area contributed by atoms with Crippen LogP contribution in [0.15, 0.2) is 42.5 Å². The number of hydrogen-bond donors (Lipinski definition) is 0. The van der Waals surface area contributed by atoms with Gasteiger partial charge in [-0.1, -0.05) is 12.1 Å². The second-order valence-electron chi connectivity index (χ2n) is 7.13. The third-order valence-corrected chi connectivity index (χ3v) is 4.63. The lowest BCUT2D eigenvalue weighted by Crippen LogP contribution is -2.15. The van der Waals surface area contributed by atoms with Crippen molar-refractivity contribution in [3.8, 4) is 23.0 Å². The molecule has 34 heavy (non-hydrogen) atoms. The molecule has 2 aromatic carbocycles. The predicted molar refractivity (Wildman–Crippen MR) is 123 cm³/mol. The van der Waals surface area contributed by atoms with E-state index in [1.165, 1.54) is 0 Å². The van der Waals surface area contributed by atoms with E-state index >= 15 is 0 Å². The van der Waals surface area contributed by atoms with Crippen LogP contribution in [0.5, 0.6) is 23.0 Å². The van der Waals surface area contributed by atoms with Crippen molar-refractivity contribution in [3.63, 3.8) is 0 Å². The summed E-state index contributed by atoms with van der Waals surface area (Å²) in [4.78, 5) is 11.3. The topological polar surface area (TPSA) is 90.9 Å². The zero-order valence-electron chi connectivity index (χ0n) is 19.3. The van der Waals surface area contributed by atoms with Crippen molar-refractivity contribution in [2.45, 2.75) is 0 Å². The molecule has 0 saturated heterocycles. The van der Waals surface area contributed by atoms with Crippen LogP contribution in [0.1, 0.15) is 10.4 Å². The number of ether oxygens (including phenoxy) is 8. The van der Waals surface area contributed by atoms with Gasteiger partial charge in [0.15, 0.2) is 23.0 Å². The van der Waals surface area contributed by atoms with Crippen LogP contribution < -0.4 is 14.2 Å². The van der Waals surface area contributed by atoms with Crippen molar-refractivity contribution in [1.82, 2.24) is 0 Å². The SMILES string of the molecule is O=Cc1ccc2c(c1)Oc1ccccc1OCCOCCOCCOCCOCCOCCO2. The van der Waals surface area contributed by atoms with Crippen molar-refractivity contribution in [2.75, 3.05) is 79.3 Å². The number of fused-ring (bicyclic) bond motifs is 2. The summed E-state index contributed by atoms with van der Waals surface area (Å²) in [5.41, 5.74) is 0.474. The van der Waals surface area contributed by atoms with E-state index in [2.05, 4.69) is 0 Å². The molecule has 0 amide bonds. The van der Waals surface area contributed by atoms with Crippen LogP contribution in [-0.2, 0) is 23.7 Å². The molecule has 0 atom stereocenters. The number of carbonyl (C=O) groups excluding carboxylic acids is 1. The Balaban J connectivity index is 1.63. The molecule has 2 aromatic rings. The van der Waals surface area contributed by atoms with E-state index in [4.69, 9.17) is 37.9 Å². The van der Waals surface area contributed by atoms with Crippen LogP contribution >= 0.6 is 0 Å². The molecule has 0 unspecified atom stereocenters. The normalized spacial score (nSPS) is 18.0. The molecule has 1 aliphatic heterocycles. The highest BCUT2D eigenvalue weighted by molar-refractivity contribution is 5.76. The molecule has 0 fully saturated rings. The smallest absolute Gasteiger partial charge is 0.170 e. The first kappa shape index (κ1) is 25.9. The van der Waals surface area contributed by atoms with Crippen LogP contribution in [0.25, 0.3) is 0 Å². The standard InChI is InChI=1S/C25H32O9/c26-20-21-5-6-23-25(19-21)34-24-4-2-1-3-22(24)32-17-15-30-13-11-28-9-7-27-8-10-29-12-14-31-16-18-33-23/h1-6,19-20H,7-18H2. The fourth-order valence-electron chi connectivity index (χ4n) is 2.97. The second kappa shape index (κ2) is 16.0. The molecule has 0 saturated carbocycles. The van der Waals surface area contributed by atoms with Crippen molar-refractivity contribution < 1.29 is 42.7 Å². The highest BCUT2D eigenvalue weighted by atomic mass is 16.6. The zero-order valence-corrected chi connectivity index (χ0v) is 19.3. The van der Waals surface area contributed by atoms with Gasteiger partial charge in [0.25, 0.3) is 0 Å². The van der Waals surface area contributed by atoms with Gasteiger partial charge in [-0.05, 0) is 30.3 Å². The Labute approximate surface area is 199 Å². The van der Waals surface area contributed by atoms with Crippen LogP contribution in [0.2, 0.25) is 0 Å². The van der Waals surface area contributed by atoms with E-state index in [0.29, 0.717) is 108 Å². The summed E-state index contributed by atoms with van der Waals surface area (Å²) in [7, 11) is 0. The largest absolute Gasteiger partial charge is 0.487 e. The Morgan fingerprint density at radius 1 is 0.500 bits per heavy atom. The molecule has 1 aliphatic rings. The highest BCUT2D eigenvalue weighted by Crippen LogP contribution is 2.36. The van der Waals surface area contributed by atoms with E-state index < -0.39 is 0 Å². The van der Waals surface area contributed by atoms with Crippen molar-refractivity contribution >= 4 is 6.29 Å². The Kier molecular flexibility index (Phi) is 12.2. The summed E-state index contributed by atoms with van der Waals surface area (Å²) >= 11 is 0. The molecular formula is C25H32O9. The number of rotatable bonds is 1. The minimum atomic E-state index is 0.315. The monoisotopic (exact) mass is 476 g/mol. The van der Waals surface area contributed by atoms with Gasteiger partial charge in [0.1, 0.15) is 19.5 Å². The molecule has 0 N–H and O–H groups in total. The van der Waals surface area contributed by atoms with Crippen LogP contribution in [-0.4, -0.2) is 85.6 Å². The molecule has 0 radical (unpaired) electrons. The minimum absolute atomic E-state index is 0.315. The lowest BCUT2D eigenvalue weighted by Gasteiger charge is -2.16. The zero-order chi connectivity index (χ0) is 23.7. The lowest BCUT2D eigenvalue weighted by atomic mass is 10.2. The van der Waals surface area contributed by atoms with E-state index in [1.807, 2.05) is 18.2 Å². The molecule has 9 nitrogen and oxygen atoms in total. The third kappa shape index (κ3) is 9.66. The molecule has 0 aliphatic carbocycles. The maximum absolute atomic E-state index is 11.3. The first-order valence-corrected chi connectivity index (χ1v) is 11.4. The summed E-state index contributed by atoms with van der Waals surface area (Å²) in [5.74, 6) is 1.96. The predicted octanol–water partition coefficient (Wildman–Crippen LogP) is 3.15. The number of benzene rings is 2. The minimum Gasteiger partial charge on any atom is -0.487 e. The first-order chi connectivity index (χ1) is 16.9. The van der Waals surface area contributed by atoms with Gasteiger partial charge in [-0.2, -0.15) is 0 Å². The average molecular weight is 477 g/mol. The van der Waals surface area contributed by atoms with Gasteiger partial charge in [-0.3, -0.25) is 4.79 Å². The third-order valence-electron chi connectivity index (χ3n) is 4.63. The fourth-order valence-corrected chi connectivity index (χ4v) is 2.97. The van der Waals surface area contributed by atoms with E-state index in [0.717, 1.165) is 6.29 Å². The van der Waals surface area contributed by atoms with Gasteiger partial charge < -0.3 is 37.9 Å². The van der Waals surface area contributed by atoms with Crippen LogP contribution in [0.3, 0.4) is 0 Å². The number of para-hydroxylation sites is 2.